The topological polar surface area (TPSA) is 59.8 Å². The summed E-state index contributed by atoms with van der Waals surface area (Å²) in [5.74, 6) is 2.10. The van der Waals surface area contributed by atoms with Gasteiger partial charge < -0.3 is 19.5 Å². The Morgan fingerprint density at radius 2 is 1.90 bits per heavy atom. The van der Waals surface area contributed by atoms with Crippen LogP contribution in [0.2, 0.25) is 0 Å². The summed E-state index contributed by atoms with van der Waals surface area (Å²) in [6.07, 6.45) is 6.46. The molecule has 2 heterocycles. The zero-order chi connectivity index (χ0) is 21.1. The summed E-state index contributed by atoms with van der Waals surface area (Å²) in [6, 6.07) is 15.4. The number of ether oxygens (including phenoxy) is 2. The number of hydrogen-bond donors (Lipinski definition) is 1. The minimum atomic E-state index is -0.874. The molecule has 6 nitrogen and oxygen atoms in total. The van der Waals surface area contributed by atoms with Crippen molar-refractivity contribution >= 4 is 11.3 Å². The molecule has 2 aromatic carbocycles. The summed E-state index contributed by atoms with van der Waals surface area (Å²) in [7, 11) is 1.87. The summed E-state index contributed by atoms with van der Waals surface area (Å²) < 4.78 is 13.5. The summed E-state index contributed by atoms with van der Waals surface area (Å²) in [6.45, 7) is 4.57. The Balaban J connectivity index is 1.73. The van der Waals surface area contributed by atoms with E-state index in [2.05, 4.69) is 5.10 Å². The van der Waals surface area contributed by atoms with Crippen LogP contribution < -0.4 is 14.4 Å². The highest BCUT2D eigenvalue weighted by molar-refractivity contribution is 5.81. The van der Waals surface area contributed by atoms with E-state index in [1.807, 2.05) is 86.7 Å². The van der Waals surface area contributed by atoms with Gasteiger partial charge in [-0.1, -0.05) is 18.2 Å². The maximum atomic E-state index is 10.9. The Hall–Kier alpha value is -3.51. The molecule has 1 atom stereocenters. The van der Waals surface area contributed by atoms with E-state index in [1.54, 1.807) is 17.0 Å². The average Bonchev–Trinajstić information content (AvgIpc) is 3.16. The van der Waals surface area contributed by atoms with E-state index in [1.165, 1.54) is 0 Å². The van der Waals surface area contributed by atoms with Crippen LogP contribution >= 0.6 is 0 Å². The molecule has 1 aromatic heterocycles. The lowest BCUT2D eigenvalue weighted by Crippen LogP contribution is -2.33. The molecule has 0 spiro atoms. The molecule has 0 aliphatic carbocycles. The molecule has 1 aliphatic rings. The van der Waals surface area contributed by atoms with E-state index in [-0.39, 0.29) is 0 Å². The third-order valence-electron chi connectivity index (χ3n) is 4.86. The molecular formula is C24H25N3O3. The van der Waals surface area contributed by atoms with Crippen molar-refractivity contribution in [2.24, 2.45) is 7.05 Å². The molecule has 1 N–H and O–H groups in total. The van der Waals surface area contributed by atoms with Gasteiger partial charge in [0.2, 0.25) is 0 Å². The minimum Gasteiger partial charge on any atom is -0.494 e. The number of hydrogen-bond acceptors (Lipinski definition) is 5. The van der Waals surface area contributed by atoms with Crippen LogP contribution in [0.5, 0.6) is 11.5 Å². The first-order chi connectivity index (χ1) is 14.5. The van der Waals surface area contributed by atoms with Crippen molar-refractivity contribution in [3.63, 3.8) is 0 Å². The van der Waals surface area contributed by atoms with Crippen molar-refractivity contribution in [2.75, 3.05) is 11.5 Å². The first-order valence-electron chi connectivity index (χ1n) is 9.91. The number of aromatic nitrogens is 2. The van der Waals surface area contributed by atoms with E-state index in [4.69, 9.17) is 9.47 Å². The smallest absolute Gasteiger partial charge is 0.153 e. The second kappa shape index (κ2) is 8.47. The van der Waals surface area contributed by atoms with Gasteiger partial charge in [-0.3, -0.25) is 4.68 Å². The van der Waals surface area contributed by atoms with Crippen LogP contribution in [0.3, 0.4) is 0 Å². The second-order valence-electron chi connectivity index (χ2n) is 7.09. The van der Waals surface area contributed by atoms with Crippen LogP contribution in [0.15, 0.2) is 79.0 Å². The molecule has 0 fully saturated rings. The van der Waals surface area contributed by atoms with E-state index in [0.29, 0.717) is 18.1 Å². The summed E-state index contributed by atoms with van der Waals surface area (Å²) in [5.41, 5.74) is 3.63. The zero-order valence-electron chi connectivity index (χ0n) is 17.3. The van der Waals surface area contributed by atoms with E-state index in [9.17, 15) is 5.11 Å². The molecule has 0 saturated heterocycles. The maximum absolute atomic E-state index is 10.9. The predicted octanol–water partition coefficient (Wildman–Crippen LogP) is 4.27. The molecule has 1 unspecified atom stereocenters. The van der Waals surface area contributed by atoms with Crippen molar-refractivity contribution in [3.05, 3.63) is 90.1 Å². The van der Waals surface area contributed by atoms with Crippen LogP contribution in [0, 0.1) is 6.92 Å². The molecule has 154 valence electrons. The van der Waals surface area contributed by atoms with E-state index < -0.39 is 6.23 Å². The number of benzene rings is 2. The monoisotopic (exact) mass is 403 g/mol. The molecule has 0 bridgehead atoms. The highest BCUT2D eigenvalue weighted by atomic mass is 16.5. The number of rotatable bonds is 6. The van der Waals surface area contributed by atoms with Gasteiger partial charge in [0.15, 0.2) is 6.23 Å². The standard InChI is InChI=1S/C24H25N3O3/c1-4-29-20-10-11-22(17(2)12-20)27-16-21(18-14-25-26(3)15-18)23(13-24(27)28)30-19-8-6-5-7-9-19/h5-16,24,28H,4H2,1-3H3. The Bertz CT molecular complexity index is 1090. The number of aliphatic hydroxyl groups excluding tert-OH is 1. The minimum absolute atomic E-state index is 0.585. The van der Waals surface area contributed by atoms with Gasteiger partial charge in [-0.15, -0.1) is 0 Å². The van der Waals surface area contributed by atoms with Gasteiger partial charge in [0, 0.05) is 42.3 Å². The first kappa shape index (κ1) is 19.8. The van der Waals surface area contributed by atoms with Crippen molar-refractivity contribution < 1.29 is 14.6 Å². The van der Waals surface area contributed by atoms with Crippen LogP contribution in [0.1, 0.15) is 18.1 Å². The lowest BCUT2D eigenvalue weighted by molar-refractivity contribution is 0.221. The van der Waals surface area contributed by atoms with Gasteiger partial charge in [-0.25, -0.2) is 0 Å². The SMILES string of the molecule is CCOc1ccc(N2C=C(c3cnn(C)c3)C(Oc3ccccc3)=CC2O)c(C)c1. The van der Waals surface area contributed by atoms with Gasteiger partial charge in [-0.2, -0.15) is 5.10 Å². The number of aryl methyl sites for hydroxylation is 2. The van der Waals surface area contributed by atoms with Crippen molar-refractivity contribution in [1.82, 2.24) is 9.78 Å². The second-order valence-corrected chi connectivity index (χ2v) is 7.09. The quantitative estimate of drug-likeness (QED) is 0.666. The Morgan fingerprint density at radius 1 is 1.10 bits per heavy atom. The summed E-state index contributed by atoms with van der Waals surface area (Å²) in [5, 5.41) is 15.2. The molecule has 0 radical (unpaired) electrons. The van der Waals surface area contributed by atoms with Gasteiger partial charge in [0.1, 0.15) is 17.3 Å². The van der Waals surface area contributed by atoms with Crippen LogP contribution in [-0.2, 0) is 7.05 Å². The highest BCUT2D eigenvalue weighted by Gasteiger charge is 2.26. The number of para-hydroxylation sites is 1. The van der Waals surface area contributed by atoms with Gasteiger partial charge in [-0.05, 0) is 49.7 Å². The molecule has 4 rings (SSSR count). The van der Waals surface area contributed by atoms with Crippen molar-refractivity contribution in [2.45, 2.75) is 20.1 Å². The van der Waals surface area contributed by atoms with Crippen LogP contribution in [0.4, 0.5) is 5.69 Å². The Labute approximate surface area is 176 Å². The fraction of sp³-hybridized carbons (Fsp3) is 0.208. The third kappa shape index (κ3) is 4.09. The molecule has 0 amide bonds. The number of allylic oxidation sites excluding steroid dienone is 1. The van der Waals surface area contributed by atoms with Gasteiger partial charge in [0.25, 0.3) is 0 Å². The average molecular weight is 403 g/mol. The van der Waals surface area contributed by atoms with Gasteiger partial charge >= 0.3 is 0 Å². The van der Waals surface area contributed by atoms with Crippen LogP contribution in [-0.4, -0.2) is 27.7 Å². The fourth-order valence-electron chi connectivity index (χ4n) is 3.45. The molecule has 0 saturated carbocycles. The Kier molecular flexibility index (Phi) is 5.59. The zero-order valence-corrected chi connectivity index (χ0v) is 17.3. The summed E-state index contributed by atoms with van der Waals surface area (Å²) in [4.78, 5) is 1.82. The Morgan fingerprint density at radius 3 is 2.57 bits per heavy atom. The first-order valence-corrected chi connectivity index (χ1v) is 9.91. The lowest BCUT2D eigenvalue weighted by Gasteiger charge is -2.32. The molecule has 1 aliphatic heterocycles. The van der Waals surface area contributed by atoms with Crippen LogP contribution in [0.25, 0.3) is 5.57 Å². The lowest BCUT2D eigenvalue weighted by atomic mass is 10.0. The molecule has 3 aromatic rings. The van der Waals surface area contributed by atoms with Crippen molar-refractivity contribution in [1.29, 1.82) is 0 Å². The summed E-state index contributed by atoms with van der Waals surface area (Å²) >= 11 is 0. The molecule has 6 heteroatoms. The number of nitrogens with zero attached hydrogens (tertiary/aromatic N) is 3. The number of anilines is 1. The normalized spacial score (nSPS) is 16.1. The fourth-order valence-corrected chi connectivity index (χ4v) is 3.45. The molecular weight excluding hydrogens is 378 g/mol. The highest BCUT2D eigenvalue weighted by Crippen LogP contribution is 2.35. The molecule has 30 heavy (non-hydrogen) atoms. The predicted molar refractivity (Wildman–Crippen MR) is 117 cm³/mol. The van der Waals surface area contributed by atoms with E-state index in [0.717, 1.165) is 28.1 Å². The van der Waals surface area contributed by atoms with Gasteiger partial charge in [0.05, 0.1) is 12.8 Å². The third-order valence-corrected chi connectivity index (χ3v) is 4.86. The number of aliphatic hydroxyl groups is 1. The maximum Gasteiger partial charge on any atom is 0.153 e. The van der Waals surface area contributed by atoms with E-state index >= 15 is 0 Å². The largest absolute Gasteiger partial charge is 0.494 e. The van der Waals surface area contributed by atoms with Crippen molar-refractivity contribution in [3.8, 4) is 11.5 Å².